The van der Waals surface area contributed by atoms with Gasteiger partial charge in [0.2, 0.25) is 11.9 Å². The minimum Gasteiger partial charge on any atom is -0.493 e. The minimum atomic E-state index is -0.603. The number of ether oxygens (including phenoxy) is 2. The second-order valence-corrected chi connectivity index (χ2v) is 10.1. The highest BCUT2D eigenvalue weighted by Crippen LogP contribution is 2.38. The first-order valence-corrected chi connectivity index (χ1v) is 12.9. The summed E-state index contributed by atoms with van der Waals surface area (Å²) < 4.78 is 10.7. The molecule has 2 aromatic carbocycles. The number of nitrogens with zero attached hydrogens (tertiary/aromatic N) is 2. The number of aliphatic hydroxyl groups excluding tert-OH is 1. The van der Waals surface area contributed by atoms with E-state index in [0.29, 0.717) is 60.7 Å². The summed E-state index contributed by atoms with van der Waals surface area (Å²) in [5, 5.41) is 13.9. The van der Waals surface area contributed by atoms with Crippen LogP contribution in [-0.4, -0.2) is 60.4 Å². The van der Waals surface area contributed by atoms with Crippen molar-refractivity contribution in [3.63, 3.8) is 0 Å². The Labute approximate surface area is 215 Å². The predicted molar refractivity (Wildman–Crippen MR) is 141 cm³/mol. The molecule has 1 aliphatic heterocycles. The molecule has 3 aromatic rings. The van der Waals surface area contributed by atoms with Gasteiger partial charge in [-0.15, -0.1) is 0 Å². The van der Waals surface area contributed by atoms with Crippen LogP contribution in [0.1, 0.15) is 37.7 Å². The van der Waals surface area contributed by atoms with Crippen LogP contribution in [0.4, 0.5) is 5.95 Å². The largest absolute Gasteiger partial charge is 0.493 e. The van der Waals surface area contributed by atoms with Crippen molar-refractivity contribution in [1.29, 1.82) is 0 Å². The predicted octanol–water partition coefficient (Wildman–Crippen LogP) is 2.80. The quantitative estimate of drug-likeness (QED) is 0.451. The summed E-state index contributed by atoms with van der Waals surface area (Å²) in [5.41, 5.74) is 0.769. The topological polar surface area (TPSA) is 117 Å². The summed E-state index contributed by atoms with van der Waals surface area (Å²) in [4.78, 5) is 36.2. The summed E-state index contributed by atoms with van der Waals surface area (Å²) in [5.74, 6) is 1.45. The third-order valence-corrected chi connectivity index (χ3v) is 7.88. The molecule has 1 aliphatic carbocycles. The van der Waals surface area contributed by atoms with Gasteiger partial charge in [-0.3, -0.25) is 14.6 Å². The number of rotatable bonds is 7. The average molecular weight is 507 g/mol. The van der Waals surface area contributed by atoms with Crippen LogP contribution in [0.25, 0.3) is 10.9 Å². The Morgan fingerprint density at radius 3 is 2.49 bits per heavy atom. The molecule has 1 saturated heterocycles. The zero-order chi connectivity index (χ0) is 26.0. The van der Waals surface area contributed by atoms with Gasteiger partial charge in [-0.2, -0.15) is 0 Å². The highest BCUT2D eigenvalue weighted by Gasteiger charge is 2.43. The van der Waals surface area contributed by atoms with Crippen LogP contribution >= 0.6 is 0 Å². The molecular formula is C28H34N4O5. The van der Waals surface area contributed by atoms with Gasteiger partial charge in [0.05, 0.1) is 42.7 Å². The van der Waals surface area contributed by atoms with Gasteiger partial charge in [-0.1, -0.05) is 30.3 Å². The van der Waals surface area contributed by atoms with E-state index in [2.05, 4.69) is 22.4 Å². The van der Waals surface area contributed by atoms with Crippen LogP contribution in [0, 0.1) is 5.41 Å². The van der Waals surface area contributed by atoms with Gasteiger partial charge < -0.3 is 24.8 Å². The molecule has 2 atom stereocenters. The lowest BCUT2D eigenvalue weighted by Gasteiger charge is -2.41. The Hall–Kier alpha value is -3.59. The van der Waals surface area contributed by atoms with E-state index in [1.54, 1.807) is 19.2 Å². The standard InChI is InChI=1S/C28H34N4O5/c1-36-23-15-19-21(16-24(23)37-2)30-27(31-25(19)34)32-13-11-28(12-14-32,17-18-7-4-3-5-8-18)26(35)29-20-9-6-10-22(20)33/h3-5,7-8,15-16,20,22,33H,6,9-14,17H2,1-2H3,(H,29,35)(H,30,31,34). The molecule has 2 heterocycles. The number of aromatic amines is 1. The highest BCUT2D eigenvalue weighted by atomic mass is 16.5. The van der Waals surface area contributed by atoms with E-state index in [-0.39, 0.29) is 17.5 Å². The molecule has 5 rings (SSSR count). The summed E-state index contributed by atoms with van der Waals surface area (Å²) in [6.07, 6.45) is 3.78. The lowest BCUT2D eigenvalue weighted by molar-refractivity contribution is -0.133. The van der Waals surface area contributed by atoms with Crippen molar-refractivity contribution in [3.8, 4) is 11.5 Å². The number of H-pyrrole nitrogens is 1. The van der Waals surface area contributed by atoms with Crippen LogP contribution in [0.5, 0.6) is 11.5 Å². The molecule has 2 unspecified atom stereocenters. The van der Waals surface area contributed by atoms with Crippen molar-refractivity contribution in [2.45, 2.75) is 50.7 Å². The Balaban J connectivity index is 1.40. The van der Waals surface area contributed by atoms with Crippen LogP contribution in [0.15, 0.2) is 47.3 Å². The minimum absolute atomic E-state index is 0.00116. The number of nitrogens with one attached hydrogen (secondary N) is 2. The van der Waals surface area contributed by atoms with Gasteiger partial charge in [0.15, 0.2) is 11.5 Å². The molecule has 37 heavy (non-hydrogen) atoms. The molecule has 9 nitrogen and oxygen atoms in total. The Morgan fingerprint density at radius 1 is 1.14 bits per heavy atom. The van der Waals surface area contributed by atoms with E-state index in [1.165, 1.54) is 7.11 Å². The van der Waals surface area contributed by atoms with E-state index in [0.717, 1.165) is 24.8 Å². The number of fused-ring (bicyclic) bond motifs is 1. The van der Waals surface area contributed by atoms with Gasteiger partial charge in [-0.25, -0.2) is 4.98 Å². The fraction of sp³-hybridized carbons (Fsp3) is 0.464. The molecule has 2 fully saturated rings. The van der Waals surface area contributed by atoms with Crippen LogP contribution in [0.2, 0.25) is 0 Å². The molecule has 0 spiro atoms. The smallest absolute Gasteiger partial charge is 0.260 e. The lowest BCUT2D eigenvalue weighted by Crippen LogP contribution is -2.53. The van der Waals surface area contributed by atoms with Gasteiger partial charge >= 0.3 is 0 Å². The number of methoxy groups -OCH3 is 2. The normalized spacial score (nSPS) is 21.1. The number of amides is 1. The van der Waals surface area contributed by atoms with Gasteiger partial charge in [0.25, 0.3) is 5.56 Å². The molecule has 196 valence electrons. The molecule has 1 aromatic heterocycles. The maximum atomic E-state index is 13.7. The number of aliphatic hydroxyl groups is 1. The zero-order valence-corrected chi connectivity index (χ0v) is 21.3. The summed E-state index contributed by atoms with van der Waals surface area (Å²) in [7, 11) is 3.07. The van der Waals surface area contributed by atoms with Crippen LogP contribution < -0.4 is 25.2 Å². The number of hydrogen-bond acceptors (Lipinski definition) is 7. The van der Waals surface area contributed by atoms with Gasteiger partial charge in [0.1, 0.15) is 0 Å². The monoisotopic (exact) mass is 506 g/mol. The first-order chi connectivity index (χ1) is 17.9. The molecule has 0 radical (unpaired) electrons. The number of benzene rings is 2. The third kappa shape index (κ3) is 5.00. The number of hydrogen-bond donors (Lipinski definition) is 3. The van der Waals surface area contributed by atoms with Crippen molar-refractivity contribution in [2.24, 2.45) is 5.41 Å². The van der Waals surface area contributed by atoms with E-state index < -0.39 is 11.5 Å². The SMILES string of the molecule is COc1cc2nc(N3CCC(Cc4ccccc4)(C(=O)NC4CCCC4O)CC3)[nH]c(=O)c2cc1OC. The zero-order valence-electron chi connectivity index (χ0n) is 21.3. The second-order valence-electron chi connectivity index (χ2n) is 10.1. The van der Waals surface area contributed by atoms with E-state index in [4.69, 9.17) is 14.5 Å². The highest BCUT2D eigenvalue weighted by molar-refractivity contribution is 5.84. The van der Waals surface area contributed by atoms with Crippen molar-refractivity contribution < 1.29 is 19.4 Å². The molecule has 1 amide bonds. The summed E-state index contributed by atoms with van der Waals surface area (Å²) >= 11 is 0. The number of anilines is 1. The van der Waals surface area contributed by atoms with E-state index in [1.807, 2.05) is 23.1 Å². The number of carbonyl (C=O) groups is 1. The van der Waals surface area contributed by atoms with Crippen molar-refractivity contribution >= 4 is 22.8 Å². The summed E-state index contributed by atoms with van der Waals surface area (Å²) in [6, 6.07) is 13.2. The molecule has 9 heteroatoms. The van der Waals surface area contributed by atoms with Crippen molar-refractivity contribution in [3.05, 3.63) is 58.4 Å². The van der Waals surface area contributed by atoms with Crippen LogP contribution in [-0.2, 0) is 11.2 Å². The molecule has 3 N–H and O–H groups in total. The molecule has 2 aliphatic rings. The Morgan fingerprint density at radius 2 is 1.84 bits per heavy atom. The molecule has 0 bridgehead atoms. The molecular weight excluding hydrogens is 472 g/mol. The van der Waals surface area contributed by atoms with E-state index >= 15 is 0 Å². The Kier molecular flexibility index (Phi) is 7.06. The summed E-state index contributed by atoms with van der Waals surface area (Å²) in [6.45, 7) is 1.13. The average Bonchev–Trinajstić information content (AvgIpc) is 3.32. The van der Waals surface area contributed by atoms with Crippen molar-refractivity contribution in [2.75, 3.05) is 32.2 Å². The fourth-order valence-electron chi connectivity index (χ4n) is 5.65. The number of piperidine rings is 1. The third-order valence-electron chi connectivity index (χ3n) is 7.88. The van der Waals surface area contributed by atoms with Crippen LogP contribution in [0.3, 0.4) is 0 Å². The number of carbonyl (C=O) groups excluding carboxylic acids is 1. The Bertz CT molecular complexity index is 1320. The number of aromatic nitrogens is 2. The second kappa shape index (κ2) is 10.4. The maximum Gasteiger partial charge on any atom is 0.260 e. The first-order valence-electron chi connectivity index (χ1n) is 12.9. The van der Waals surface area contributed by atoms with E-state index in [9.17, 15) is 14.7 Å². The van der Waals surface area contributed by atoms with Gasteiger partial charge in [-0.05, 0) is 50.2 Å². The van der Waals surface area contributed by atoms with Gasteiger partial charge in [0, 0.05) is 19.2 Å². The molecule has 1 saturated carbocycles. The lowest BCUT2D eigenvalue weighted by atomic mass is 9.72. The first kappa shape index (κ1) is 25.1. The maximum absolute atomic E-state index is 13.7. The van der Waals surface area contributed by atoms with Crippen molar-refractivity contribution in [1.82, 2.24) is 15.3 Å². The fourth-order valence-corrected chi connectivity index (χ4v) is 5.65.